The minimum Gasteiger partial charge on any atom is -0.496 e. The van der Waals surface area contributed by atoms with Gasteiger partial charge < -0.3 is 15.6 Å². The first-order chi connectivity index (χ1) is 9.61. The lowest BCUT2D eigenvalue weighted by atomic mass is 9.83. The van der Waals surface area contributed by atoms with Crippen molar-refractivity contribution in [1.82, 2.24) is 0 Å². The Kier molecular flexibility index (Phi) is 5.01. The molecule has 0 saturated heterocycles. The van der Waals surface area contributed by atoms with Crippen molar-refractivity contribution in [1.29, 1.82) is 0 Å². The Hall–Kier alpha value is -1.55. The van der Waals surface area contributed by atoms with Crippen molar-refractivity contribution in [2.75, 3.05) is 7.11 Å². The second-order valence-corrected chi connectivity index (χ2v) is 5.54. The fraction of sp³-hybridized carbons (Fsp3) is 0.562. The van der Waals surface area contributed by atoms with Crippen LogP contribution in [0, 0.1) is 0 Å². The first-order valence-corrected chi connectivity index (χ1v) is 7.27. The topological polar surface area (TPSA) is 72.5 Å². The number of nitrogens with two attached hydrogens (primary N) is 1. The van der Waals surface area contributed by atoms with Gasteiger partial charge in [0.05, 0.1) is 13.5 Å². The molecule has 1 fully saturated rings. The van der Waals surface area contributed by atoms with Crippen LogP contribution in [0.5, 0.6) is 5.75 Å². The highest BCUT2D eigenvalue weighted by Gasteiger charge is 2.20. The monoisotopic (exact) mass is 277 g/mol. The Labute approximate surface area is 119 Å². The maximum absolute atomic E-state index is 10.8. The van der Waals surface area contributed by atoms with Crippen LogP contribution in [-0.4, -0.2) is 18.2 Å². The molecule has 1 atom stereocenters. The third-order valence-electron chi connectivity index (χ3n) is 4.12. The van der Waals surface area contributed by atoms with Gasteiger partial charge >= 0.3 is 5.97 Å². The van der Waals surface area contributed by atoms with E-state index in [4.69, 9.17) is 15.6 Å². The molecule has 0 radical (unpaired) electrons. The van der Waals surface area contributed by atoms with Crippen molar-refractivity contribution in [3.05, 3.63) is 29.3 Å². The van der Waals surface area contributed by atoms with Gasteiger partial charge in [0, 0.05) is 11.6 Å². The standard InChI is InChI=1S/C16H23NO3/c1-20-15-8-7-12(11-5-3-2-4-6-11)9-13(15)14(17)10-16(18)19/h7-9,11,14H,2-6,10,17H2,1H3,(H,18,19). The number of benzene rings is 1. The molecule has 0 heterocycles. The van der Waals surface area contributed by atoms with Crippen LogP contribution in [0.3, 0.4) is 0 Å². The molecule has 1 aliphatic carbocycles. The summed E-state index contributed by atoms with van der Waals surface area (Å²) in [5, 5.41) is 8.91. The molecule has 0 bridgehead atoms. The zero-order valence-electron chi connectivity index (χ0n) is 12.0. The lowest BCUT2D eigenvalue weighted by molar-refractivity contribution is -0.137. The molecule has 1 saturated carbocycles. The predicted molar refractivity (Wildman–Crippen MR) is 78.0 cm³/mol. The molecule has 2 rings (SSSR count). The van der Waals surface area contributed by atoms with Crippen molar-refractivity contribution >= 4 is 5.97 Å². The first kappa shape index (κ1) is 14.9. The highest BCUT2D eigenvalue weighted by molar-refractivity contribution is 5.68. The Morgan fingerprint density at radius 3 is 2.70 bits per heavy atom. The van der Waals surface area contributed by atoms with Gasteiger partial charge in [-0.3, -0.25) is 4.79 Å². The number of carbonyl (C=O) groups is 1. The van der Waals surface area contributed by atoms with Crippen molar-refractivity contribution < 1.29 is 14.6 Å². The summed E-state index contributed by atoms with van der Waals surface area (Å²) in [7, 11) is 1.59. The van der Waals surface area contributed by atoms with Gasteiger partial charge in [0.2, 0.25) is 0 Å². The second kappa shape index (κ2) is 6.75. The molecular formula is C16H23NO3. The van der Waals surface area contributed by atoms with Gasteiger partial charge in [-0.25, -0.2) is 0 Å². The van der Waals surface area contributed by atoms with Gasteiger partial charge in [-0.1, -0.05) is 31.4 Å². The molecule has 4 nitrogen and oxygen atoms in total. The Morgan fingerprint density at radius 2 is 2.10 bits per heavy atom. The van der Waals surface area contributed by atoms with Crippen LogP contribution in [0.1, 0.15) is 61.6 Å². The van der Waals surface area contributed by atoms with E-state index in [2.05, 4.69) is 6.07 Å². The first-order valence-electron chi connectivity index (χ1n) is 7.27. The fourth-order valence-corrected chi connectivity index (χ4v) is 3.03. The van der Waals surface area contributed by atoms with Gasteiger partial charge in [0.1, 0.15) is 5.75 Å². The predicted octanol–water partition coefficient (Wildman–Crippen LogP) is 3.22. The summed E-state index contributed by atoms with van der Waals surface area (Å²) >= 11 is 0. The fourth-order valence-electron chi connectivity index (χ4n) is 3.03. The van der Waals surface area contributed by atoms with E-state index < -0.39 is 12.0 Å². The van der Waals surface area contributed by atoms with E-state index in [0.29, 0.717) is 11.7 Å². The SMILES string of the molecule is COc1ccc(C2CCCCC2)cc1C(N)CC(=O)O. The van der Waals surface area contributed by atoms with Crippen molar-refractivity contribution in [2.45, 2.75) is 50.5 Å². The van der Waals surface area contributed by atoms with Crippen LogP contribution >= 0.6 is 0 Å². The minimum atomic E-state index is -0.886. The van der Waals surface area contributed by atoms with E-state index >= 15 is 0 Å². The van der Waals surface area contributed by atoms with Gasteiger partial charge in [-0.2, -0.15) is 0 Å². The largest absolute Gasteiger partial charge is 0.496 e. The highest BCUT2D eigenvalue weighted by atomic mass is 16.5. The molecule has 0 aromatic heterocycles. The second-order valence-electron chi connectivity index (χ2n) is 5.54. The van der Waals surface area contributed by atoms with Gasteiger partial charge in [-0.05, 0) is 30.4 Å². The highest BCUT2D eigenvalue weighted by Crippen LogP contribution is 2.36. The molecule has 1 unspecified atom stereocenters. The molecular weight excluding hydrogens is 254 g/mol. The maximum Gasteiger partial charge on any atom is 0.305 e. The van der Waals surface area contributed by atoms with Crippen molar-refractivity contribution in [3.63, 3.8) is 0 Å². The quantitative estimate of drug-likeness (QED) is 0.866. The maximum atomic E-state index is 10.8. The number of ether oxygens (including phenoxy) is 1. The van der Waals surface area contributed by atoms with E-state index in [1.54, 1.807) is 7.11 Å². The summed E-state index contributed by atoms with van der Waals surface area (Å²) in [6, 6.07) is 5.53. The zero-order valence-corrected chi connectivity index (χ0v) is 12.0. The molecule has 110 valence electrons. The van der Waals surface area contributed by atoms with E-state index in [9.17, 15) is 4.79 Å². The number of carboxylic acids is 1. The van der Waals surface area contributed by atoms with Crippen LogP contribution in [0.25, 0.3) is 0 Å². The number of carboxylic acid groups (broad SMARTS) is 1. The number of methoxy groups -OCH3 is 1. The Morgan fingerprint density at radius 1 is 1.40 bits per heavy atom. The summed E-state index contributed by atoms with van der Waals surface area (Å²) in [4.78, 5) is 10.8. The third-order valence-corrected chi connectivity index (χ3v) is 4.12. The summed E-state index contributed by atoms with van der Waals surface area (Å²) in [5.74, 6) is 0.367. The molecule has 1 aromatic rings. The Balaban J connectivity index is 2.25. The van der Waals surface area contributed by atoms with E-state index in [1.807, 2.05) is 12.1 Å². The Bertz CT molecular complexity index is 467. The zero-order chi connectivity index (χ0) is 14.5. The van der Waals surface area contributed by atoms with E-state index in [-0.39, 0.29) is 6.42 Å². The number of rotatable bonds is 5. The number of aliphatic carboxylic acids is 1. The molecule has 3 N–H and O–H groups in total. The molecule has 1 aromatic carbocycles. The average molecular weight is 277 g/mol. The number of hydrogen-bond acceptors (Lipinski definition) is 3. The molecule has 0 aliphatic heterocycles. The summed E-state index contributed by atoms with van der Waals surface area (Å²) in [6.45, 7) is 0. The summed E-state index contributed by atoms with van der Waals surface area (Å²) < 4.78 is 5.32. The lowest BCUT2D eigenvalue weighted by Crippen LogP contribution is -2.16. The average Bonchev–Trinajstić information content (AvgIpc) is 2.46. The summed E-state index contributed by atoms with van der Waals surface area (Å²) in [5.41, 5.74) is 8.08. The van der Waals surface area contributed by atoms with Gasteiger partial charge in [-0.15, -0.1) is 0 Å². The third kappa shape index (κ3) is 3.51. The van der Waals surface area contributed by atoms with Crippen LogP contribution < -0.4 is 10.5 Å². The molecule has 20 heavy (non-hydrogen) atoms. The number of hydrogen-bond donors (Lipinski definition) is 2. The van der Waals surface area contributed by atoms with Crippen LogP contribution in [0.15, 0.2) is 18.2 Å². The van der Waals surface area contributed by atoms with Gasteiger partial charge in [0.25, 0.3) is 0 Å². The lowest BCUT2D eigenvalue weighted by Gasteiger charge is -2.24. The van der Waals surface area contributed by atoms with Crippen molar-refractivity contribution in [3.8, 4) is 5.75 Å². The minimum absolute atomic E-state index is 0.0789. The molecule has 0 spiro atoms. The smallest absolute Gasteiger partial charge is 0.305 e. The van der Waals surface area contributed by atoms with E-state index in [0.717, 1.165) is 5.56 Å². The van der Waals surface area contributed by atoms with Crippen molar-refractivity contribution in [2.24, 2.45) is 5.73 Å². The molecule has 4 heteroatoms. The van der Waals surface area contributed by atoms with Crippen LogP contribution in [0.4, 0.5) is 0 Å². The van der Waals surface area contributed by atoms with Gasteiger partial charge in [0.15, 0.2) is 0 Å². The van der Waals surface area contributed by atoms with Crippen LogP contribution in [-0.2, 0) is 4.79 Å². The van der Waals surface area contributed by atoms with Crippen LogP contribution in [0.2, 0.25) is 0 Å². The molecule has 1 aliphatic rings. The molecule has 0 amide bonds. The van der Waals surface area contributed by atoms with E-state index in [1.165, 1.54) is 37.7 Å². The summed E-state index contributed by atoms with van der Waals surface area (Å²) in [6.07, 6.45) is 6.20. The normalized spacial score (nSPS) is 17.7.